The van der Waals surface area contributed by atoms with Crippen LogP contribution < -0.4 is 5.32 Å². The fourth-order valence-corrected chi connectivity index (χ4v) is 1.99. The lowest BCUT2D eigenvalue weighted by Crippen LogP contribution is -2.25. The van der Waals surface area contributed by atoms with E-state index in [1.807, 2.05) is 0 Å². The maximum absolute atomic E-state index is 11.1. The first-order valence-corrected chi connectivity index (χ1v) is 10.9. The molecule has 11 nitrogen and oxygen atoms in total. The van der Waals surface area contributed by atoms with Crippen LogP contribution in [0.25, 0.3) is 0 Å². The van der Waals surface area contributed by atoms with Gasteiger partial charge in [-0.05, 0) is 0 Å². The van der Waals surface area contributed by atoms with Crippen LogP contribution in [-0.2, 0) is 47.5 Å². The number of carbonyl (C=O) groups is 2. The Morgan fingerprint density at radius 3 is 1.24 bits per heavy atom. The predicted molar refractivity (Wildman–Crippen MR) is 120 cm³/mol. The monoisotopic (exact) mass is 477 g/mol. The van der Waals surface area contributed by atoms with Gasteiger partial charge in [-0.1, -0.05) is 25.3 Å². The predicted octanol–water partition coefficient (Wildman–Crippen LogP) is 0.134. The van der Waals surface area contributed by atoms with Crippen LogP contribution in [0.15, 0.2) is 25.3 Å². The van der Waals surface area contributed by atoms with Crippen LogP contribution >= 0.6 is 0 Å². The van der Waals surface area contributed by atoms with Crippen LogP contribution in [0.1, 0.15) is 0 Å². The third kappa shape index (κ3) is 26.3. The van der Waals surface area contributed by atoms with E-state index in [4.69, 9.17) is 37.9 Å². The van der Waals surface area contributed by atoms with Crippen LogP contribution in [0, 0.1) is 0 Å². The molecule has 1 N–H and O–H groups in total. The number of carbonyl (C=O) groups excluding carboxylic acids is 2. The number of hydrogen-bond acceptors (Lipinski definition) is 11. The fourth-order valence-electron chi connectivity index (χ4n) is 1.99. The fraction of sp³-hybridized carbons (Fsp3) is 0.727. The summed E-state index contributed by atoms with van der Waals surface area (Å²) < 4.78 is 41.3. The molecule has 0 atom stereocenters. The number of esters is 2. The average Bonchev–Trinajstić information content (AvgIpc) is 2.82. The van der Waals surface area contributed by atoms with Crippen molar-refractivity contribution in [2.24, 2.45) is 0 Å². The second kappa shape index (κ2) is 26.4. The maximum Gasteiger partial charge on any atom is 0.332 e. The summed E-state index contributed by atoms with van der Waals surface area (Å²) >= 11 is 0. The van der Waals surface area contributed by atoms with Crippen LogP contribution in [0.4, 0.5) is 0 Å². The molecule has 0 saturated heterocycles. The lowest BCUT2D eigenvalue weighted by Gasteiger charge is -2.08. The Morgan fingerprint density at radius 1 is 0.545 bits per heavy atom. The number of rotatable bonds is 26. The van der Waals surface area contributed by atoms with Crippen LogP contribution in [0.5, 0.6) is 0 Å². The highest BCUT2D eigenvalue weighted by molar-refractivity contribution is 5.71. The Labute approximate surface area is 196 Å². The summed E-state index contributed by atoms with van der Waals surface area (Å²) in [4.78, 5) is 22.3. The van der Waals surface area contributed by atoms with E-state index in [-0.39, 0.29) is 26.4 Å². The Morgan fingerprint density at radius 2 is 0.879 bits per heavy atom. The first-order valence-electron chi connectivity index (χ1n) is 10.9. The molecule has 0 amide bonds. The lowest BCUT2D eigenvalue weighted by atomic mass is 10.6. The minimum Gasteiger partial charge on any atom is -0.460 e. The largest absolute Gasteiger partial charge is 0.460 e. The third-order valence-electron chi connectivity index (χ3n) is 3.50. The minimum absolute atomic E-state index is 0.0958. The van der Waals surface area contributed by atoms with Gasteiger partial charge in [-0.2, -0.15) is 0 Å². The van der Waals surface area contributed by atoms with Crippen molar-refractivity contribution in [3.8, 4) is 0 Å². The van der Waals surface area contributed by atoms with Crippen molar-refractivity contribution in [1.29, 1.82) is 0 Å². The molecule has 0 rings (SSSR count). The summed E-state index contributed by atoms with van der Waals surface area (Å²) in [6, 6.07) is 0. The molecular formula is C22H39NO10. The lowest BCUT2D eigenvalue weighted by molar-refractivity contribution is -0.149. The zero-order valence-corrected chi connectivity index (χ0v) is 19.5. The van der Waals surface area contributed by atoms with Crippen molar-refractivity contribution < 1.29 is 47.5 Å². The van der Waals surface area contributed by atoms with Gasteiger partial charge in [0.25, 0.3) is 0 Å². The summed E-state index contributed by atoms with van der Waals surface area (Å²) in [5, 5.41) is 3.20. The number of nitrogens with one attached hydrogen (secondary N) is 1. The zero-order chi connectivity index (χ0) is 24.2. The Bertz CT molecular complexity index is 448. The van der Waals surface area contributed by atoms with Crippen LogP contribution in [0.2, 0.25) is 0 Å². The van der Waals surface area contributed by atoms with E-state index in [9.17, 15) is 9.59 Å². The first kappa shape index (κ1) is 31.1. The van der Waals surface area contributed by atoms with E-state index in [2.05, 4.69) is 18.5 Å². The van der Waals surface area contributed by atoms with Gasteiger partial charge in [0, 0.05) is 13.1 Å². The van der Waals surface area contributed by atoms with Crippen molar-refractivity contribution in [2.75, 3.05) is 106 Å². The molecular weight excluding hydrogens is 438 g/mol. The molecule has 0 unspecified atom stereocenters. The Balaban J connectivity index is 3.11. The molecule has 0 radical (unpaired) electrons. The van der Waals surface area contributed by atoms with E-state index in [0.717, 1.165) is 0 Å². The highest BCUT2D eigenvalue weighted by Gasteiger charge is 2.02. The normalized spacial score (nSPS) is 10.7. The summed E-state index contributed by atoms with van der Waals surface area (Å²) in [5.41, 5.74) is 0. The van der Waals surface area contributed by atoms with Crippen molar-refractivity contribution in [1.82, 2.24) is 5.32 Å². The maximum atomic E-state index is 11.1. The quantitative estimate of drug-likeness (QED) is 0.104. The molecule has 0 aliphatic heterocycles. The van der Waals surface area contributed by atoms with Gasteiger partial charge in [0.1, 0.15) is 26.4 Å². The van der Waals surface area contributed by atoms with Gasteiger partial charge in [0.2, 0.25) is 0 Å². The minimum atomic E-state index is -0.424. The molecule has 0 aliphatic carbocycles. The van der Waals surface area contributed by atoms with Gasteiger partial charge in [-0.25, -0.2) is 9.59 Å². The van der Waals surface area contributed by atoms with Gasteiger partial charge in [0.15, 0.2) is 0 Å². The van der Waals surface area contributed by atoms with E-state index >= 15 is 0 Å². The average molecular weight is 478 g/mol. The summed E-state index contributed by atoms with van der Waals surface area (Å²) in [6.45, 7) is 12.9. The molecule has 0 saturated carbocycles. The molecule has 0 aromatic carbocycles. The van der Waals surface area contributed by atoms with Gasteiger partial charge in [0.05, 0.1) is 66.1 Å². The smallest absolute Gasteiger partial charge is 0.332 e. The van der Waals surface area contributed by atoms with Gasteiger partial charge >= 0.3 is 11.9 Å². The van der Waals surface area contributed by atoms with Gasteiger partial charge < -0.3 is 43.2 Å². The van der Waals surface area contributed by atoms with Crippen molar-refractivity contribution in [3.63, 3.8) is 0 Å². The van der Waals surface area contributed by atoms with Crippen LogP contribution in [-0.4, -0.2) is 118 Å². The van der Waals surface area contributed by atoms with Crippen molar-refractivity contribution >= 4 is 11.9 Å². The highest BCUT2D eigenvalue weighted by Crippen LogP contribution is 1.86. The summed E-state index contributed by atoms with van der Waals surface area (Å²) in [7, 11) is 0. The molecule has 0 aromatic rings. The van der Waals surface area contributed by atoms with Gasteiger partial charge in [-0.3, -0.25) is 0 Å². The SMILES string of the molecule is C=CCOC(=O)COCCOCCOCCNCCOCCOCCOCC(=O)OCC=C. The molecule has 192 valence electrons. The van der Waals surface area contributed by atoms with E-state index < -0.39 is 11.9 Å². The van der Waals surface area contributed by atoms with E-state index in [1.165, 1.54) is 12.2 Å². The molecule has 0 aromatic heterocycles. The third-order valence-corrected chi connectivity index (χ3v) is 3.50. The van der Waals surface area contributed by atoms with E-state index in [0.29, 0.717) is 79.2 Å². The molecule has 0 spiro atoms. The number of hydrogen-bond donors (Lipinski definition) is 1. The van der Waals surface area contributed by atoms with Crippen molar-refractivity contribution in [3.05, 3.63) is 25.3 Å². The second-order valence-electron chi connectivity index (χ2n) is 6.25. The van der Waals surface area contributed by atoms with Crippen LogP contribution in [0.3, 0.4) is 0 Å². The second-order valence-corrected chi connectivity index (χ2v) is 6.25. The number of ether oxygens (including phenoxy) is 8. The molecule has 0 heterocycles. The Kier molecular flexibility index (Phi) is 24.9. The Hall–Kier alpha value is -1.86. The summed E-state index contributed by atoms with van der Waals surface area (Å²) in [6.07, 6.45) is 3.00. The molecule has 0 fully saturated rings. The summed E-state index contributed by atoms with van der Waals surface area (Å²) in [5.74, 6) is -0.848. The molecule has 0 bridgehead atoms. The standard InChI is InChI=1S/C22H39NO10/c1-3-7-32-21(24)19-30-17-15-28-13-11-26-9-5-23-6-10-27-12-14-29-16-18-31-20-22(25)33-8-4-2/h3-4,23H,1-2,5-20H2. The first-order chi connectivity index (χ1) is 16.2. The van der Waals surface area contributed by atoms with E-state index in [1.54, 1.807) is 0 Å². The highest BCUT2D eigenvalue weighted by atomic mass is 16.6. The van der Waals surface area contributed by atoms with Gasteiger partial charge in [-0.15, -0.1) is 0 Å². The van der Waals surface area contributed by atoms with Crippen molar-refractivity contribution in [2.45, 2.75) is 0 Å². The molecule has 0 aliphatic rings. The zero-order valence-electron chi connectivity index (χ0n) is 19.5. The molecule has 11 heteroatoms. The topological polar surface area (TPSA) is 120 Å². The molecule has 33 heavy (non-hydrogen) atoms.